The molecule has 3 aromatic rings. The summed E-state index contributed by atoms with van der Waals surface area (Å²) in [7, 11) is -8.00. The molecule has 29 heavy (non-hydrogen) atoms. The van der Waals surface area contributed by atoms with Crippen LogP contribution in [-0.2, 0) is 20.0 Å². The maximum Gasteiger partial charge on any atom is 0.264 e. The molecule has 0 bridgehead atoms. The average molecular weight is 457 g/mol. The summed E-state index contributed by atoms with van der Waals surface area (Å²) in [4.78, 5) is 7.45. The minimum atomic E-state index is -4.04. The Morgan fingerprint density at radius 2 is 1.52 bits per heavy atom. The van der Waals surface area contributed by atoms with E-state index in [2.05, 4.69) is 19.4 Å². The first kappa shape index (κ1) is 21.0. The van der Waals surface area contributed by atoms with Crippen LogP contribution < -0.4 is 9.44 Å². The van der Waals surface area contributed by atoms with Crippen LogP contribution in [0.3, 0.4) is 0 Å². The van der Waals surface area contributed by atoms with Crippen LogP contribution in [-0.4, -0.2) is 26.8 Å². The predicted molar refractivity (Wildman–Crippen MR) is 106 cm³/mol. The Balaban J connectivity index is 1.79. The van der Waals surface area contributed by atoms with Gasteiger partial charge < -0.3 is 0 Å². The second-order valence-electron chi connectivity index (χ2n) is 5.83. The normalized spacial score (nSPS) is 11.8. The highest BCUT2D eigenvalue weighted by atomic mass is 35.5. The van der Waals surface area contributed by atoms with Crippen molar-refractivity contribution in [2.24, 2.45) is 0 Å². The van der Waals surface area contributed by atoms with Gasteiger partial charge in [0.15, 0.2) is 0 Å². The van der Waals surface area contributed by atoms with Crippen LogP contribution in [0.5, 0.6) is 0 Å². The fraction of sp³-hybridized carbons (Fsp3) is 0.0588. The molecular formula is C17H14ClFN4O4S2. The van der Waals surface area contributed by atoms with Crippen LogP contribution in [0.25, 0.3) is 0 Å². The molecule has 8 nitrogen and oxygen atoms in total. The molecule has 2 aromatic carbocycles. The van der Waals surface area contributed by atoms with Crippen LogP contribution in [0, 0.1) is 12.7 Å². The van der Waals surface area contributed by atoms with E-state index >= 15 is 0 Å². The maximum atomic E-state index is 13.2. The summed E-state index contributed by atoms with van der Waals surface area (Å²) in [6.45, 7) is 1.69. The SMILES string of the molecule is Cc1ccnc(NS(=O)(=O)c2ccc(NS(=O)(=O)c3ccc(F)c(Cl)c3)cc2)n1. The number of sulfonamides is 2. The Bertz CT molecular complexity index is 1270. The van der Waals surface area contributed by atoms with Gasteiger partial charge in [0.2, 0.25) is 5.95 Å². The number of rotatable bonds is 6. The van der Waals surface area contributed by atoms with Crippen molar-refractivity contribution in [3.8, 4) is 0 Å². The summed E-state index contributed by atoms with van der Waals surface area (Å²) in [5.41, 5.74) is 0.694. The van der Waals surface area contributed by atoms with E-state index in [9.17, 15) is 21.2 Å². The Morgan fingerprint density at radius 3 is 2.14 bits per heavy atom. The van der Waals surface area contributed by atoms with Gasteiger partial charge in [-0.15, -0.1) is 0 Å². The van der Waals surface area contributed by atoms with E-state index in [0.29, 0.717) is 5.69 Å². The van der Waals surface area contributed by atoms with Gasteiger partial charge in [0.05, 0.1) is 14.8 Å². The number of halogens is 2. The number of hydrogen-bond acceptors (Lipinski definition) is 6. The van der Waals surface area contributed by atoms with Crippen LogP contribution in [0.1, 0.15) is 5.69 Å². The lowest BCUT2D eigenvalue weighted by Crippen LogP contribution is -2.16. The number of aryl methyl sites for hydroxylation is 1. The van der Waals surface area contributed by atoms with Gasteiger partial charge in [-0.25, -0.2) is 35.9 Å². The molecule has 1 aromatic heterocycles. The molecule has 0 saturated heterocycles. The molecule has 0 unspecified atom stereocenters. The maximum absolute atomic E-state index is 13.2. The van der Waals surface area contributed by atoms with Gasteiger partial charge in [0, 0.05) is 17.6 Å². The van der Waals surface area contributed by atoms with Gasteiger partial charge in [-0.05, 0) is 55.5 Å². The molecule has 0 radical (unpaired) electrons. The van der Waals surface area contributed by atoms with Crippen molar-refractivity contribution in [3.05, 3.63) is 71.3 Å². The number of anilines is 2. The first-order valence-electron chi connectivity index (χ1n) is 7.97. The van der Waals surface area contributed by atoms with Crippen molar-refractivity contribution < 1.29 is 21.2 Å². The smallest absolute Gasteiger partial charge is 0.264 e. The lowest BCUT2D eigenvalue weighted by atomic mass is 10.3. The first-order valence-corrected chi connectivity index (χ1v) is 11.3. The monoisotopic (exact) mass is 456 g/mol. The number of nitrogens with zero attached hydrogens (tertiary/aromatic N) is 2. The third kappa shape index (κ3) is 5.00. The highest BCUT2D eigenvalue weighted by Crippen LogP contribution is 2.23. The topological polar surface area (TPSA) is 118 Å². The summed E-state index contributed by atoms with van der Waals surface area (Å²) in [5.74, 6) is -0.826. The summed E-state index contributed by atoms with van der Waals surface area (Å²) in [6.07, 6.45) is 1.42. The van der Waals surface area contributed by atoms with Gasteiger partial charge >= 0.3 is 0 Å². The van der Waals surface area contributed by atoms with E-state index < -0.39 is 25.9 Å². The van der Waals surface area contributed by atoms with E-state index in [4.69, 9.17) is 11.6 Å². The first-order chi connectivity index (χ1) is 13.6. The van der Waals surface area contributed by atoms with Gasteiger partial charge in [-0.2, -0.15) is 0 Å². The standard InChI is InChI=1S/C17H14ClFN4O4S2/c1-11-8-9-20-17(21-11)23-28(24,25)13-4-2-12(3-5-13)22-29(26,27)14-6-7-16(19)15(18)10-14/h2-10,22H,1H3,(H,20,21,23). The lowest BCUT2D eigenvalue weighted by Gasteiger charge is -2.10. The van der Waals surface area contributed by atoms with Crippen LogP contribution >= 0.6 is 11.6 Å². The number of benzene rings is 2. The molecular weight excluding hydrogens is 443 g/mol. The van der Waals surface area contributed by atoms with Crippen molar-refractivity contribution in [1.29, 1.82) is 0 Å². The summed E-state index contributed by atoms with van der Waals surface area (Å²) in [5, 5.41) is -0.334. The fourth-order valence-electron chi connectivity index (χ4n) is 2.24. The molecule has 0 aliphatic rings. The van der Waals surface area contributed by atoms with Gasteiger partial charge in [-0.1, -0.05) is 11.6 Å². The summed E-state index contributed by atoms with van der Waals surface area (Å²) in [6, 6.07) is 9.57. The Morgan fingerprint density at radius 1 is 0.897 bits per heavy atom. The fourth-order valence-corrected chi connectivity index (χ4v) is 4.52. The molecule has 0 atom stereocenters. The molecule has 0 aliphatic carbocycles. The molecule has 152 valence electrons. The summed E-state index contributed by atoms with van der Waals surface area (Å²) < 4.78 is 67.3. The lowest BCUT2D eigenvalue weighted by molar-refractivity contribution is 0.598. The van der Waals surface area contributed by atoms with Crippen molar-refractivity contribution in [3.63, 3.8) is 0 Å². The zero-order valence-electron chi connectivity index (χ0n) is 14.8. The average Bonchev–Trinajstić information content (AvgIpc) is 2.63. The molecule has 0 aliphatic heterocycles. The van der Waals surface area contributed by atoms with E-state index in [-0.39, 0.29) is 26.4 Å². The quantitative estimate of drug-likeness (QED) is 0.588. The highest BCUT2D eigenvalue weighted by Gasteiger charge is 2.18. The number of hydrogen-bond donors (Lipinski definition) is 2. The van der Waals surface area contributed by atoms with Crippen molar-refractivity contribution in [2.45, 2.75) is 16.7 Å². The van der Waals surface area contributed by atoms with Crippen LogP contribution in [0.15, 0.2) is 64.5 Å². The Kier molecular flexibility index (Phi) is 5.73. The van der Waals surface area contributed by atoms with E-state index in [1.54, 1.807) is 13.0 Å². The second kappa shape index (κ2) is 7.93. The molecule has 0 spiro atoms. The molecule has 1 heterocycles. The molecule has 3 rings (SSSR count). The van der Waals surface area contributed by atoms with E-state index in [1.807, 2.05) is 0 Å². The van der Waals surface area contributed by atoms with Crippen molar-refractivity contribution in [1.82, 2.24) is 9.97 Å². The molecule has 0 amide bonds. The molecule has 12 heteroatoms. The third-order valence-electron chi connectivity index (χ3n) is 3.64. The number of nitrogens with one attached hydrogen (secondary N) is 2. The van der Waals surface area contributed by atoms with Crippen LogP contribution in [0.4, 0.5) is 16.0 Å². The van der Waals surface area contributed by atoms with Gasteiger partial charge in [-0.3, -0.25) is 4.72 Å². The third-order valence-corrected chi connectivity index (χ3v) is 6.65. The van der Waals surface area contributed by atoms with Crippen molar-refractivity contribution in [2.75, 3.05) is 9.44 Å². The molecule has 0 fully saturated rings. The summed E-state index contributed by atoms with van der Waals surface area (Å²) >= 11 is 5.62. The Hall–Kier alpha value is -2.76. The number of aromatic nitrogens is 2. The zero-order chi connectivity index (χ0) is 21.2. The molecule has 2 N–H and O–H groups in total. The van der Waals surface area contributed by atoms with E-state index in [1.165, 1.54) is 30.5 Å². The minimum Gasteiger partial charge on any atom is -0.280 e. The van der Waals surface area contributed by atoms with Gasteiger partial charge in [0.25, 0.3) is 20.0 Å². The van der Waals surface area contributed by atoms with Crippen LogP contribution in [0.2, 0.25) is 5.02 Å². The largest absolute Gasteiger partial charge is 0.280 e. The predicted octanol–water partition coefficient (Wildman–Crippen LogP) is 3.18. The van der Waals surface area contributed by atoms with Gasteiger partial charge in [0.1, 0.15) is 5.82 Å². The van der Waals surface area contributed by atoms with Crippen molar-refractivity contribution >= 4 is 43.3 Å². The Labute approximate surface area is 171 Å². The second-order valence-corrected chi connectivity index (χ2v) is 9.60. The zero-order valence-corrected chi connectivity index (χ0v) is 17.2. The molecule has 0 saturated carbocycles. The highest BCUT2D eigenvalue weighted by molar-refractivity contribution is 7.93. The van der Waals surface area contributed by atoms with E-state index in [0.717, 1.165) is 18.2 Å². The minimum absolute atomic E-state index is 0.0806.